The molecule has 0 saturated carbocycles. The van der Waals surface area contributed by atoms with Crippen LogP contribution in [0.25, 0.3) is 5.57 Å². The molecule has 2 atom stereocenters. The third-order valence-corrected chi connectivity index (χ3v) is 7.06. The Morgan fingerprint density at radius 2 is 1.69 bits per heavy atom. The van der Waals surface area contributed by atoms with E-state index in [0.717, 1.165) is 43.5 Å². The number of unbranched alkanes of at least 4 members (excludes halogenated alkanes) is 7. The fourth-order valence-electron chi connectivity index (χ4n) is 4.83. The first-order valence-corrected chi connectivity index (χ1v) is 14.3. The van der Waals surface area contributed by atoms with E-state index in [9.17, 15) is 4.79 Å². The monoisotopic (exact) mass is 510 g/mol. The Bertz CT molecular complexity index is 790. The zero-order valence-electron chi connectivity index (χ0n) is 22.9. The van der Waals surface area contributed by atoms with Crippen molar-refractivity contribution < 1.29 is 23.5 Å². The summed E-state index contributed by atoms with van der Waals surface area (Å²) >= 11 is 1.19. The molecule has 35 heavy (non-hydrogen) atoms. The summed E-state index contributed by atoms with van der Waals surface area (Å²) in [5.74, 6) is 0.627. The summed E-state index contributed by atoms with van der Waals surface area (Å²) in [6.45, 7) is 13.4. The molecule has 0 spiro atoms. The van der Waals surface area contributed by atoms with E-state index >= 15 is 0 Å². The van der Waals surface area contributed by atoms with Gasteiger partial charge in [-0.15, -0.1) is 4.37 Å². The van der Waals surface area contributed by atoms with Crippen molar-refractivity contribution in [3.63, 3.8) is 0 Å². The quantitative estimate of drug-likeness (QED) is 0.141. The van der Waals surface area contributed by atoms with Crippen LogP contribution in [0.15, 0.2) is 6.08 Å². The highest BCUT2D eigenvalue weighted by Gasteiger charge is 2.46. The van der Waals surface area contributed by atoms with Gasteiger partial charge >= 0.3 is 6.16 Å². The van der Waals surface area contributed by atoms with Gasteiger partial charge < -0.3 is 14.2 Å². The minimum absolute atomic E-state index is 0.254. The number of hydrogen-bond donors (Lipinski definition) is 0. The Morgan fingerprint density at radius 1 is 1.03 bits per heavy atom. The van der Waals surface area contributed by atoms with Crippen molar-refractivity contribution in [2.24, 2.45) is 5.41 Å². The van der Waals surface area contributed by atoms with E-state index in [1.807, 2.05) is 0 Å². The topological polar surface area (TPSA) is 70.5 Å². The smallest absolute Gasteiger partial charge is 0.475 e. The van der Waals surface area contributed by atoms with Gasteiger partial charge in [0.05, 0.1) is 43.9 Å². The minimum atomic E-state index is -0.567. The molecule has 0 amide bonds. The number of ether oxygens (including phenoxy) is 3. The number of hydrogen-bond acceptors (Lipinski definition) is 7. The predicted octanol–water partition coefficient (Wildman–Crippen LogP) is 7.23. The third kappa shape index (κ3) is 9.71. The van der Waals surface area contributed by atoms with Gasteiger partial charge in [-0.2, -0.15) is 4.37 Å². The second kappa shape index (κ2) is 14.8. The lowest BCUT2D eigenvalue weighted by Crippen LogP contribution is -2.61. The van der Waals surface area contributed by atoms with E-state index in [0.29, 0.717) is 30.1 Å². The number of likely N-dealkylation sites (N-methyl/N-ethyl adjacent to an activating group) is 1. The van der Waals surface area contributed by atoms with E-state index in [-0.39, 0.29) is 11.6 Å². The highest BCUT2D eigenvalue weighted by atomic mass is 32.1. The molecule has 2 unspecified atom stereocenters. The van der Waals surface area contributed by atoms with Crippen LogP contribution in [-0.2, 0) is 9.47 Å². The Morgan fingerprint density at radius 3 is 2.37 bits per heavy atom. The van der Waals surface area contributed by atoms with Crippen LogP contribution in [0.4, 0.5) is 4.79 Å². The molecule has 2 rings (SSSR count). The molecule has 7 nitrogen and oxygen atoms in total. The SMILES string of the molecule is CCCCCCCOC(=O)OC(C(C)(C)C)[N+]1(C)CCC=C(c2nsnc2OCCCCCC)C1. The molecule has 0 fully saturated rings. The molecule has 0 N–H and O–H groups in total. The van der Waals surface area contributed by atoms with Crippen LogP contribution in [0.2, 0.25) is 0 Å². The van der Waals surface area contributed by atoms with Gasteiger partial charge in [0.1, 0.15) is 12.2 Å². The molecule has 200 valence electrons. The van der Waals surface area contributed by atoms with E-state index in [4.69, 9.17) is 14.2 Å². The summed E-state index contributed by atoms with van der Waals surface area (Å²) < 4.78 is 27.0. The number of quaternary nitrogens is 1. The van der Waals surface area contributed by atoms with Crippen LogP contribution in [0.1, 0.15) is 105 Å². The van der Waals surface area contributed by atoms with Gasteiger partial charge in [0.25, 0.3) is 5.88 Å². The van der Waals surface area contributed by atoms with Gasteiger partial charge in [0.2, 0.25) is 6.23 Å². The van der Waals surface area contributed by atoms with Crippen LogP contribution >= 0.6 is 11.7 Å². The zero-order chi connectivity index (χ0) is 25.7. The second-order valence-electron chi connectivity index (χ2n) is 11.1. The summed E-state index contributed by atoms with van der Waals surface area (Å²) in [5, 5.41) is 0. The maximum atomic E-state index is 12.6. The highest BCUT2D eigenvalue weighted by molar-refractivity contribution is 6.99. The van der Waals surface area contributed by atoms with Gasteiger partial charge in [-0.05, 0) is 12.8 Å². The number of aromatic nitrogens is 2. The molecule has 0 aliphatic carbocycles. The highest BCUT2D eigenvalue weighted by Crippen LogP contribution is 2.37. The van der Waals surface area contributed by atoms with E-state index in [1.165, 1.54) is 50.3 Å². The van der Waals surface area contributed by atoms with Crippen molar-refractivity contribution in [3.8, 4) is 5.88 Å². The molecule has 8 heteroatoms. The molecule has 1 aliphatic rings. The lowest BCUT2D eigenvalue weighted by atomic mass is 9.90. The molecule has 0 saturated heterocycles. The largest absolute Gasteiger partial charge is 0.512 e. The van der Waals surface area contributed by atoms with E-state index in [1.54, 1.807) is 0 Å². The van der Waals surface area contributed by atoms with Crippen LogP contribution in [-0.4, -0.2) is 59.0 Å². The van der Waals surface area contributed by atoms with Crippen molar-refractivity contribution in [3.05, 3.63) is 11.8 Å². The van der Waals surface area contributed by atoms with Crippen molar-refractivity contribution in [1.29, 1.82) is 0 Å². The fourth-order valence-corrected chi connectivity index (χ4v) is 5.36. The minimum Gasteiger partial charge on any atom is -0.475 e. The number of nitrogens with zero attached hydrogens (tertiary/aromatic N) is 3. The first-order chi connectivity index (χ1) is 16.7. The van der Waals surface area contributed by atoms with Crippen LogP contribution in [0, 0.1) is 5.41 Å². The van der Waals surface area contributed by atoms with Gasteiger partial charge in [-0.3, -0.25) is 4.48 Å². The molecule has 1 aromatic rings. The Balaban J connectivity index is 2.01. The number of rotatable bonds is 15. The maximum absolute atomic E-state index is 12.6. The van der Waals surface area contributed by atoms with E-state index in [2.05, 4.69) is 56.5 Å². The maximum Gasteiger partial charge on any atom is 0.512 e. The van der Waals surface area contributed by atoms with Crippen molar-refractivity contribution in [2.45, 2.75) is 105 Å². The van der Waals surface area contributed by atoms with Gasteiger partial charge in [-0.1, -0.05) is 85.6 Å². The van der Waals surface area contributed by atoms with Crippen LogP contribution in [0.3, 0.4) is 0 Å². The van der Waals surface area contributed by atoms with Crippen LogP contribution < -0.4 is 4.74 Å². The van der Waals surface area contributed by atoms with Crippen molar-refractivity contribution in [2.75, 3.05) is 33.4 Å². The van der Waals surface area contributed by atoms with Gasteiger partial charge in [0, 0.05) is 12.0 Å². The Kier molecular flexibility index (Phi) is 12.5. The summed E-state index contributed by atoms with van der Waals surface area (Å²) in [6.07, 6.45) is 12.4. The van der Waals surface area contributed by atoms with Gasteiger partial charge in [0.15, 0.2) is 0 Å². The van der Waals surface area contributed by atoms with Gasteiger partial charge in [-0.25, -0.2) is 4.79 Å². The lowest BCUT2D eigenvalue weighted by Gasteiger charge is -2.47. The number of carbonyl (C=O) groups excluding carboxylic acids is 1. The van der Waals surface area contributed by atoms with E-state index < -0.39 is 6.16 Å². The molecule has 1 aliphatic heterocycles. The Labute approximate surface area is 217 Å². The molecule has 0 bridgehead atoms. The summed E-state index contributed by atoms with van der Waals surface area (Å²) in [5.41, 5.74) is 1.69. The summed E-state index contributed by atoms with van der Waals surface area (Å²) in [7, 11) is 2.16. The van der Waals surface area contributed by atoms with Crippen LogP contribution in [0.5, 0.6) is 5.88 Å². The first-order valence-electron chi connectivity index (χ1n) is 13.5. The summed E-state index contributed by atoms with van der Waals surface area (Å²) in [4.78, 5) is 12.6. The third-order valence-electron chi connectivity index (χ3n) is 6.54. The standard InChI is InChI=1S/C27H48N3O4S/c1-7-9-11-13-15-20-33-26(31)34-25(27(3,4)5)30(6)18-16-17-22(21-30)23-24(29-35-28-23)32-19-14-12-10-8-2/h17,25H,7-16,18-21H2,1-6H3/q+1. The average Bonchev–Trinajstić information content (AvgIpc) is 3.27. The average molecular weight is 511 g/mol. The normalized spacial score (nSPS) is 19.2. The molecular formula is C27H48N3O4S+. The molecule has 2 heterocycles. The van der Waals surface area contributed by atoms with Crippen molar-refractivity contribution in [1.82, 2.24) is 8.75 Å². The molecule has 0 radical (unpaired) electrons. The lowest BCUT2D eigenvalue weighted by molar-refractivity contribution is -0.954. The van der Waals surface area contributed by atoms with Crippen molar-refractivity contribution >= 4 is 23.5 Å². The fraction of sp³-hybridized carbons (Fsp3) is 0.815. The number of carbonyl (C=O) groups is 1. The zero-order valence-corrected chi connectivity index (χ0v) is 23.8. The first kappa shape index (κ1) is 29.6. The molecular weight excluding hydrogens is 462 g/mol. The Hall–Kier alpha value is -1.67. The molecule has 0 aromatic carbocycles. The second-order valence-corrected chi connectivity index (χ2v) is 11.6. The summed E-state index contributed by atoms with van der Waals surface area (Å²) in [6, 6.07) is 0. The molecule has 1 aromatic heterocycles. The predicted molar refractivity (Wildman–Crippen MR) is 142 cm³/mol.